The molecule has 1 fully saturated rings. The van der Waals surface area contributed by atoms with Crippen LogP contribution >= 0.6 is 0 Å². The Morgan fingerprint density at radius 3 is 2.57 bits per heavy atom. The fourth-order valence-corrected chi connectivity index (χ4v) is 1.70. The van der Waals surface area contributed by atoms with Gasteiger partial charge in [-0.2, -0.15) is 5.11 Å². The van der Waals surface area contributed by atoms with Gasteiger partial charge in [-0.05, 0) is 19.3 Å². The number of nitrogens with zero attached hydrogens (tertiary/aromatic N) is 2. The Morgan fingerprint density at radius 1 is 1.29 bits per heavy atom. The van der Waals surface area contributed by atoms with Gasteiger partial charge in [-0.15, -0.1) is 5.11 Å². The Labute approximate surface area is 83.9 Å². The summed E-state index contributed by atoms with van der Waals surface area (Å²) in [5.74, 6) is 0. The van der Waals surface area contributed by atoms with Crippen molar-refractivity contribution in [2.24, 2.45) is 10.2 Å². The topological polar surface area (TPSA) is 55.2 Å². The second kappa shape index (κ2) is 3.56. The van der Waals surface area contributed by atoms with Crippen molar-refractivity contribution in [3.05, 3.63) is 0 Å². The van der Waals surface area contributed by atoms with Crippen LogP contribution in [0.25, 0.3) is 0 Å². The highest BCUT2D eigenvalue weighted by molar-refractivity contribution is 4.84. The molecule has 14 heavy (non-hydrogen) atoms. The van der Waals surface area contributed by atoms with Crippen molar-refractivity contribution in [2.75, 3.05) is 13.2 Å². The molecule has 2 heterocycles. The summed E-state index contributed by atoms with van der Waals surface area (Å²) >= 11 is 0. The van der Waals surface area contributed by atoms with E-state index < -0.39 is 11.8 Å². The third kappa shape index (κ3) is 1.55. The van der Waals surface area contributed by atoms with E-state index >= 15 is 0 Å². The van der Waals surface area contributed by atoms with Gasteiger partial charge in [-0.1, -0.05) is 13.8 Å². The summed E-state index contributed by atoms with van der Waals surface area (Å²) in [6.45, 7) is 5.63. The van der Waals surface area contributed by atoms with E-state index in [0.717, 1.165) is 25.8 Å². The molecule has 5 nitrogen and oxygen atoms in total. The average molecular weight is 199 g/mol. The van der Waals surface area contributed by atoms with Crippen LogP contribution in [0.4, 0.5) is 0 Å². The van der Waals surface area contributed by atoms with Gasteiger partial charge in [-0.3, -0.25) is 4.74 Å². The molecule has 0 aromatic carbocycles. The zero-order chi connectivity index (χ0) is 10.1. The summed E-state index contributed by atoms with van der Waals surface area (Å²) in [5, 5.41) is 11.4. The predicted molar refractivity (Wildman–Crippen MR) is 50.6 cm³/mol. The lowest BCUT2D eigenvalue weighted by Gasteiger charge is -2.33. The van der Waals surface area contributed by atoms with E-state index in [1.54, 1.807) is 0 Å². The number of azo groups is 1. The molecule has 80 valence electrons. The van der Waals surface area contributed by atoms with E-state index in [0.29, 0.717) is 6.61 Å². The van der Waals surface area contributed by atoms with E-state index in [1.165, 1.54) is 0 Å². The van der Waals surface area contributed by atoms with Crippen molar-refractivity contribution in [1.29, 1.82) is 0 Å². The Bertz CT molecular complexity index is 232. The van der Waals surface area contributed by atoms with E-state index in [1.807, 2.05) is 13.8 Å². The third-order valence-electron chi connectivity index (χ3n) is 2.76. The highest BCUT2D eigenvalue weighted by Crippen LogP contribution is 2.36. The molecule has 0 aromatic rings. The van der Waals surface area contributed by atoms with E-state index in [4.69, 9.17) is 9.47 Å². The van der Waals surface area contributed by atoms with Crippen LogP contribution in [-0.2, 0) is 9.47 Å². The zero-order valence-corrected chi connectivity index (χ0v) is 8.75. The molecule has 2 aliphatic rings. The van der Waals surface area contributed by atoms with Crippen LogP contribution in [0, 0.1) is 0 Å². The highest BCUT2D eigenvalue weighted by Gasteiger charge is 2.48. The standard InChI is InChI=1S/C9H17N3O2/c1-3-8(4-2)11-12-9(14-8)10-6-5-7-13-9/h10H,3-7H2,1-2H3. The molecule has 1 N–H and O–H groups in total. The lowest BCUT2D eigenvalue weighted by atomic mass is 10.1. The van der Waals surface area contributed by atoms with Gasteiger partial charge in [0.15, 0.2) is 5.72 Å². The van der Waals surface area contributed by atoms with Gasteiger partial charge in [0, 0.05) is 6.54 Å². The maximum Gasteiger partial charge on any atom is 0.355 e. The zero-order valence-electron chi connectivity index (χ0n) is 8.75. The summed E-state index contributed by atoms with van der Waals surface area (Å²) in [4.78, 5) is 0. The van der Waals surface area contributed by atoms with Gasteiger partial charge in [0.25, 0.3) is 0 Å². The number of nitrogens with one attached hydrogen (secondary N) is 1. The van der Waals surface area contributed by atoms with Gasteiger partial charge in [0.2, 0.25) is 0 Å². The van der Waals surface area contributed by atoms with Gasteiger partial charge < -0.3 is 4.74 Å². The highest BCUT2D eigenvalue weighted by atomic mass is 16.8. The van der Waals surface area contributed by atoms with Crippen LogP contribution < -0.4 is 5.32 Å². The molecule has 0 amide bonds. The summed E-state index contributed by atoms with van der Waals surface area (Å²) in [6, 6.07) is -0.982. The summed E-state index contributed by atoms with van der Waals surface area (Å²) in [6.07, 6.45) is 2.63. The van der Waals surface area contributed by atoms with E-state index in [9.17, 15) is 0 Å². The Hall–Kier alpha value is -0.520. The van der Waals surface area contributed by atoms with E-state index in [2.05, 4.69) is 15.5 Å². The van der Waals surface area contributed by atoms with Crippen LogP contribution in [-0.4, -0.2) is 24.9 Å². The molecule has 0 bridgehead atoms. The predicted octanol–water partition coefficient (Wildman–Crippen LogP) is 1.61. The number of hydrogen-bond donors (Lipinski definition) is 1. The average Bonchev–Trinajstić information content (AvgIpc) is 2.60. The second-order valence-corrected chi connectivity index (χ2v) is 3.67. The SMILES string of the molecule is CCC1(CC)N=NC2(NCCCO2)O1. The van der Waals surface area contributed by atoms with Crippen LogP contribution in [0.1, 0.15) is 33.1 Å². The van der Waals surface area contributed by atoms with Crippen LogP contribution in [0.5, 0.6) is 0 Å². The number of rotatable bonds is 2. The molecule has 5 heteroatoms. The van der Waals surface area contributed by atoms with E-state index in [-0.39, 0.29) is 0 Å². The molecule has 1 saturated heterocycles. The molecule has 0 radical (unpaired) electrons. The van der Waals surface area contributed by atoms with Crippen LogP contribution in [0.2, 0.25) is 0 Å². The lowest BCUT2D eigenvalue weighted by Crippen LogP contribution is -2.53. The minimum absolute atomic E-state index is 0.482. The van der Waals surface area contributed by atoms with Crippen molar-refractivity contribution in [2.45, 2.75) is 44.9 Å². The molecule has 1 unspecified atom stereocenters. The molecular formula is C9H17N3O2. The van der Waals surface area contributed by atoms with Gasteiger partial charge in [0.1, 0.15) is 0 Å². The molecule has 1 atom stereocenters. The fraction of sp³-hybridized carbons (Fsp3) is 1.00. The largest absolute Gasteiger partial charge is 0.355 e. The maximum atomic E-state index is 5.81. The molecule has 2 aliphatic heterocycles. The molecule has 0 aromatic heterocycles. The Balaban J connectivity index is 2.09. The summed E-state index contributed by atoms with van der Waals surface area (Å²) in [5.41, 5.74) is -0.482. The van der Waals surface area contributed by atoms with Gasteiger partial charge in [0.05, 0.1) is 6.61 Å². The normalized spacial score (nSPS) is 35.3. The molecule has 2 rings (SSSR count). The van der Waals surface area contributed by atoms with Crippen molar-refractivity contribution >= 4 is 0 Å². The first-order valence-electron chi connectivity index (χ1n) is 5.27. The first kappa shape index (κ1) is 10.0. The molecule has 0 saturated carbocycles. The first-order valence-corrected chi connectivity index (χ1v) is 5.27. The Kier molecular flexibility index (Phi) is 2.55. The lowest BCUT2D eigenvalue weighted by molar-refractivity contribution is -0.288. The summed E-state index contributed by atoms with van der Waals surface area (Å²) < 4.78 is 11.3. The van der Waals surface area contributed by atoms with Crippen LogP contribution in [0.15, 0.2) is 10.2 Å². The van der Waals surface area contributed by atoms with Crippen molar-refractivity contribution in [1.82, 2.24) is 5.32 Å². The minimum Gasteiger partial charge on any atom is -0.317 e. The minimum atomic E-state index is -0.982. The van der Waals surface area contributed by atoms with Gasteiger partial charge in [-0.25, -0.2) is 5.32 Å². The van der Waals surface area contributed by atoms with Crippen LogP contribution in [0.3, 0.4) is 0 Å². The first-order chi connectivity index (χ1) is 6.74. The quantitative estimate of drug-likeness (QED) is 0.735. The van der Waals surface area contributed by atoms with Gasteiger partial charge >= 0.3 is 6.03 Å². The molecule has 0 aliphatic carbocycles. The van der Waals surface area contributed by atoms with Crippen molar-refractivity contribution in [3.8, 4) is 0 Å². The second-order valence-electron chi connectivity index (χ2n) is 3.67. The maximum absolute atomic E-state index is 5.81. The number of hydrogen-bond acceptors (Lipinski definition) is 5. The fourth-order valence-electron chi connectivity index (χ4n) is 1.70. The van der Waals surface area contributed by atoms with Crippen molar-refractivity contribution < 1.29 is 9.47 Å². The molecular weight excluding hydrogens is 182 g/mol. The third-order valence-corrected chi connectivity index (χ3v) is 2.76. The Morgan fingerprint density at radius 2 is 2.07 bits per heavy atom. The smallest absolute Gasteiger partial charge is 0.317 e. The summed E-state index contributed by atoms with van der Waals surface area (Å²) in [7, 11) is 0. The van der Waals surface area contributed by atoms with Crippen molar-refractivity contribution in [3.63, 3.8) is 0 Å². The monoisotopic (exact) mass is 199 g/mol. The number of ether oxygens (including phenoxy) is 2. The molecule has 1 spiro atoms.